The predicted octanol–water partition coefficient (Wildman–Crippen LogP) is 0.947. The van der Waals surface area contributed by atoms with Crippen molar-refractivity contribution in [2.75, 3.05) is 45.8 Å². The minimum Gasteiger partial charge on any atom is -0.329 e. The second-order valence-corrected chi connectivity index (χ2v) is 5.79. The smallest absolute Gasteiger partial charge is 0.320 e. The van der Waals surface area contributed by atoms with Crippen molar-refractivity contribution >= 4 is 6.03 Å². The number of urea groups is 1. The van der Waals surface area contributed by atoms with Crippen LogP contribution in [0.3, 0.4) is 0 Å². The SMILES string of the molecule is CC(CN)N1CCN(C(=O)N2CCCCCC2)CC1. The first-order valence-electron chi connectivity index (χ1n) is 7.70. The molecule has 0 aromatic heterocycles. The van der Waals surface area contributed by atoms with Crippen molar-refractivity contribution in [2.24, 2.45) is 5.73 Å². The maximum Gasteiger partial charge on any atom is 0.320 e. The number of carbonyl (C=O) groups is 1. The van der Waals surface area contributed by atoms with Crippen LogP contribution in [0.5, 0.6) is 0 Å². The van der Waals surface area contributed by atoms with E-state index in [1.54, 1.807) is 0 Å². The number of likely N-dealkylation sites (tertiary alicyclic amines) is 1. The molecule has 110 valence electrons. The van der Waals surface area contributed by atoms with Gasteiger partial charge in [-0.15, -0.1) is 0 Å². The monoisotopic (exact) mass is 268 g/mol. The van der Waals surface area contributed by atoms with Gasteiger partial charge in [-0.05, 0) is 19.8 Å². The predicted molar refractivity (Wildman–Crippen MR) is 77.1 cm³/mol. The van der Waals surface area contributed by atoms with Gasteiger partial charge in [0.25, 0.3) is 0 Å². The van der Waals surface area contributed by atoms with Crippen molar-refractivity contribution in [1.82, 2.24) is 14.7 Å². The second-order valence-electron chi connectivity index (χ2n) is 5.79. The Morgan fingerprint density at radius 1 is 0.947 bits per heavy atom. The van der Waals surface area contributed by atoms with Gasteiger partial charge in [0.1, 0.15) is 0 Å². The molecule has 0 bridgehead atoms. The van der Waals surface area contributed by atoms with Gasteiger partial charge in [-0.1, -0.05) is 12.8 Å². The van der Waals surface area contributed by atoms with E-state index < -0.39 is 0 Å². The Balaban J connectivity index is 1.81. The largest absolute Gasteiger partial charge is 0.329 e. The van der Waals surface area contributed by atoms with Crippen molar-refractivity contribution < 1.29 is 4.79 Å². The lowest BCUT2D eigenvalue weighted by Crippen LogP contribution is -2.55. The first-order valence-corrected chi connectivity index (χ1v) is 7.70. The Bertz CT molecular complexity index is 281. The molecule has 0 saturated carbocycles. The first-order chi connectivity index (χ1) is 9.22. The van der Waals surface area contributed by atoms with E-state index >= 15 is 0 Å². The fraction of sp³-hybridized carbons (Fsp3) is 0.929. The van der Waals surface area contributed by atoms with E-state index in [-0.39, 0.29) is 6.03 Å². The molecule has 2 aliphatic heterocycles. The molecule has 2 amide bonds. The highest BCUT2D eigenvalue weighted by Crippen LogP contribution is 2.13. The molecule has 5 nitrogen and oxygen atoms in total. The van der Waals surface area contributed by atoms with Crippen molar-refractivity contribution in [3.05, 3.63) is 0 Å². The molecule has 0 aromatic rings. The van der Waals surface area contributed by atoms with Crippen molar-refractivity contribution in [3.8, 4) is 0 Å². The molecule has 5 heteroatoms. The molecule has 0 radical (unpaired) electrons. The topological polar surface area (TPSA) is 52.8 Å². The summed E-state index contributed by atoms with van der Waals surface area (Å²) in [6.45, 7) is 8.35. The Morgan fingerprint density at radius 2 is 1.47 bits per heavy atom. The van der Waals surface area contributed by atoms with Gasteiger partial charge in [-0.3, -0.25) is 4.90 Å². The zero-order chi connectivity index (χ0) is 13.7. The van der Waals surface area contributed by atoms with Gasteiger partial charge < -0.3 is 15.5 Å². The standard InChI is InChI=1S/C14H28N4O/c1-13(12-15)16-8-10-18(11-9-16)14(19)17-6-4-2-3-5-7-17/h13H,2-12,15H2,1H3. The van der Waals surface area contributed by atoms with E-state index in [4.69, 9.17) is 5.73 Å². The third kappa shape index (κ3) is 3.83. The fourth-order valence-corrected chi connectivity index (χ4v) is 2.97. The molecule has 2 fully saturated rings. The maximum absolute atomic E-state index is 12.5. The Kier molecular flexibility index (Phi) is 5.45. The summed E-state index contributed by atoms with van der Waals surface area (Å²) in [5, 5.41) is 0. The van der Waals surface area contributed by atoms with E-state index in [0.29, 0.717) is 12.6 Å². The van der Waals surface area contributed by atoms with Gasteiger partial charge in [0.05, 0.1) is 0 Å². The summed E-state index contributed by atoms with van der Waals surface area (Å²) in [4.78, 5) is 18.9. The third-order valence-electron chi connectivity index (χ3n) is 4.43. The lowest BCUT2D eigenvalue weighted by atomic mass is 10.2. The van der Waals surface area contributed by atoms with Gasteiger partial charge in [0.15, 0.2) is 0 Å². The molecule has 1 atom stereocenters. The Labute approximate surface area is 116 Å². The Hall–Kier alpha value is -0.810. The van der Waals surface area contributed by atoms with Crippen molar-refractivity contribution in [2.45, 2.75) is 38.6 Å². The van der Waals surface area contributed by atoms with Crippen LogP contribution in [0.15, 0.2) is 0 Å². The molecule has 2 aliphatic rings. The van der Waals surface area contributed by atoms with E-state index in [2.05, 4.69) is 16.7 Å². The highest BCUT2D eigenvalue weighted by molar-refractivity contribution is 5.74. The molecule has 1 unspecified atom stereocenters. The number of carbonyl (C=O) groups excluding carboxylic acids is 1. The lowest BCUT2D eigenvalue weighted by molar-refractivity contribution is 0.0972. The van der Waals surface area contributed by atoms with Gasteiger partial charge >= 0.3 is 6.03 Å². The van der Waals surface area contributed by atoms with Crippen LogP contribution in [-0.4, -0.2) is 72.6 Å². The van der Waals surface area contributed by atoms with E-state index in [1.807, 2.05) is 4.90 Å². The molecule has 0 spiro atoms. The summed E-state index contributed by atoms with van der Waals surface area (Å²) in [5.41, 5.74) is 5.70. The second kappa shape index (κ2) is 7.10. The van der Waals surface area contributed by atoms with Crippen LogP contribution in [0.2, 0.25) is 0 Å². The number of amides is 2. The quantitative estimate of drug-likeness (QED) is 0.811. The summed E-state index contributed by atoms with van der Waals surface area (Å²) in [5.74, 6) is 0. The van der Waals surface area contributed by atoms with Crippen molar-refractivity contribution in [1.29, 1.82) is 0 Å². The summed E-state index contributed by atoms with van der Waals surface area (Å²) in [7, 11) is 0. The molecule has 2 rings (SSSR count). The average molecular weight is 268 g/mol. The molecule has 19 heavy (non-hydrogen) atoms. The summed E-state index contributed by atoms with van der Waals surface area (Å²) in [6.07, 6.45) is 4.86. The van der Waals surface area contributed by atoms with Gasteiger partial charge in [0, 0.05) is 51.9 Å². The summed E-state index contributed by atoms with van der Waals surface area (Å²) < 4.78 is 0. The van der Waals surface area contributed by atoms with Crippen LogP contribution in [0.25, 0.3) is 0 Å². The lowest BCUT2D eigenvalue weighted by Gasteiger charge is -2.39. The fourth-order valence-electron chi connectivity index (χ4n) is 2.97. The third-order valence-corrected chi connectivity index (χ3v) is 4.43. The van der Waals surface area contributed by atoms with Crippen LogP contribution >= 0.6 is 0 Å². The molecule has 2 heterocycles. The van der Waals surface area contributed by atoms with E-state index in [0.717, 1.165) is 52.1 Å². The maximum atomic E-state index is 12.5. The van der Waals surface area contributed by atoms with Crippen LogP contribution in [-0.2, 0) is 0 Å². The normalized spacial score (nSPS) is 24.1. The average Bonchev–Trinajstić information content (AvgIpc) is 2.75. The highest BCUT2D eigenvalue weighted by Gasteiger charge is 2.26. The van der Waals surface area contributed by atoms with Gasteiger partial charge in [0.2, 0.25) is 0 Å². The minimum absolute atomic E-state index is 0.252. The molecular weight excluding hydrogens is 240 g/mol. The van der Waals surface area contributed by atoms with Crippen LogP contribution in [0.4, 0.5) is 4.79 Å². The number of rotatable bonds is 2. The van der Waals surface area contributed by atoms with Crippen LogP contribution in [0.1, 0.15) is 32.6 Å². The number of nitrogens with zero attached hydrogens (tertiary/aromatic N) is 3. The highest BCUT2D eigenvalue weighted by atomic mass is 16.2. The van der Waals surface area contributed by atoms with Crippen LogP contribution in [0, 0.1) is 0 Å². The number of nitrogens with two attached hydrogens (primary N) is 1. The van der Waals surface area contributed by atoms with Crippen molar-refractivity contribution in [3.63, 3.8) is 0 Å². The molecule has 0 aliphatic carbocycles. The minimum atomic E-state index is 0.252. The molecule has 2 N–H and O–H groups in total. The zero-order valence-electron chi connectivity index (χ0n) is 12.2. The van der Waals surface area contributed by atoms with Gasteiger partial charge in [-0.25, -0.2) is 4.79 Å². The number of hydrogen-bond acceptors (Lipinski definition) is 3. The Morgan fingerprint density at radius 3 is 2.00 bits per heavy atom. The molecule has 2 saturated heterocycles. The number of hydrogen-bond donors (Lipinski definition) is 1. The van der Waals surface area contributed by atoms with E-state index in [9.17, 15) is 4.79 Å². The van der Waals surface area contributed by atoms with Crippen LogP contribution < -0.4 is 5.73 Å². The summed E-state index contributed by atoms with van der Waals surface area (Å²) in [6, 6.07) is 0.678. The zero-order valence-corrected chi connectivity index (χ0v) is 12.2. The molecular formula is C14H28N4O. The van der Waals surface area contributed by atoms with Gasteiger partial charge in [-0.2, -0.15) is 0 Å². The van der Waals surface area contributed by atoms with E-state index in [1.165, 1.54) is 12.8 Å². The molecule has 0 aromatic carbocycles. The number of piperazine rings is 1. The first kappa shape index (κ1) is 14.6. The summed E-state index contributed by atoms with van der Waals surface area (Å²) >= 11 is 0.